The molecule has 1 atom stereocenters. The van der Waals surface area contributed by atoms with Crippen molar-refractivity contribution in [2.45, 2.75) is 12.7 Å². The van der Waals surface area contributed by atoms with Gasteiger partial charge in [0.05, 0.1) is 19.8 Å². The van der Waals surface area contributed by atoms with E-state index in [0.29, 0.717) is 6.61 Å². The zero-order chi connectivity index (χ0) is 13.5. The van der Waals surface area contributed by atoms with Gasteiger partial charge in [-0.15, -0.1) is 0 Å². The largest absolute Gasteiger partial charge is 0.497 e. The molecule has 0 heterocycles. The quantitative estimate of drug-likeness (QED) is 0.737. The van der Waals surface area contributed by atoms with E-state index in [4.69, 9.17) is 9.47 Å². The van der Waals surface area contributed by atoms with E-state index in [1.165, 1.54) is 5.56 Å². The first-order chi connectivity index (χ1) is 9.33. The third-order valence-electron chi connectivity index (χ3n) is 2.90. The Balaban J connectivity index is 2.00. The maximum Gasteiger partial charge on any atom is 0.119 e. The lowest BCUT2D eigenvalue weighted by Gasteiger charge is -2.16. The molecule has 0 fully saturated rings. The fourth-order valence-corrected chi connectivity index (χ4v) is 2.42. The van der Waals surface area contributed by atoms with Crippen LogP contribution in [0.4, 0.5) is 0 Å². The van der Waals surface area contributed by atoms with Crippen LogP contribution in [0.25, 0.3) is 0 Å². The first kappa shape index (κ1) is 14.1. The first-order valence-corrected chi connectivity index (χ1v) is 7.31. The van der Waals surface area contributed by atoms with Crippen molar-refractivity contribution < 1.29 is 9.47 Å². The van der Waals surface area contributed by atoms with Crippen molar-refractivity contribution in [3.05, 3.63) is 65.7 Å². The van der Waals surface area contributed by atoms with Gasteiger partial charge in [-0.2, -0.15) is 0 Å². The highest BCUT2D eigenvalue weighted by molar-refractivity contribution is 9.09. The summed E-state index contributed by atoms with van der Waals surface area (Å²) in [6.45, 7) is 0.572. The fourth-order valence-electron chi connectivity index (χ4n) is 1.86. The molecular weight excluding hydrogens is 304 g/mol. The molecule has 0 bridgehead atoms. The minimum atomic E-state index is 0.0624. The van der Waals surface area contributed by atoms with Crippen molar-refractivity contribution in [1.29, 1.82) is 0 Å². The molecule has 0 radical (unpaired) electrons. The average Bonchev–Trinajstić information content (AvgIpc) is 2.49. The van der Waals surface area contributed by atoms with Crippen LogP contribution in [0.1, 0.15) is 17.2 Å². The minimum absolute atomic E-state index is 0.0624. The van der Waals surface area contributed by atoms with Crippen LogP contribution in [0.5, 0.6) is 5.75 Å². The molecule has 2 nitrogen and oxygen atoms in total. The number of hydrogen-bond donors (Lipinski definition) is 0. The summed E-state index contributed by atoms with van der Waals surface area (Å²) in [7, 11) is 1.67. The molecule has 1 unspecified atom stereocenters. The van der Waals surface area contributed by atoms with Gasteiger partial charge in [0.2, 0.25) is 0 Å². The lowest BCUT2D eigenvalue weighted by molar-refractivity contribution is 0.0565. The number of rotatable bonds is 6. The molecule has 19 heavy (non-hydrogen) atoms. The second kappa shape index (κ2) is 7.31. The van der Waals surface area contributed by atoms with E-state index in [1.54, 1.807) is 7.11 Å². The molecule has 0 N–H and O–H groups in total. The van der Waals surface area contributed by atoms with Gasteiger partial charge in [-0.05, 0) is 23.3 Å². The average molecular weight is 321 g/mol. The Hall–Kier alpha value is -1.32. The van der Waals surface area contributed by atoms with Gasteiger partial charge in [-0.1, -0.05) is 58.4 Å². The Labute approximate surface area is 122 Å². The van der Waals surface area contributed by atoms with Crippen molar-refractivity contribution in [3.63, 3.8) is 0 Å². The van der Waals surface area contributed by atoms with Crippen molar-refractivity contribution >= 4 is 15.9 Å². The Kier molecular flexibility index (Phi) is 5.43. The predicted octanol–water partition coefficient (Wildman–Crippen LogP) is 4.35. The van der Waals surface area contributed by atoms with Gasteiger partial charge >= 0.3 is 0 Å². The van der Waals surface area contributed by atoms with Gasteiger partial charge in [0.1, 0.15) is 5.75 Å². The summed E-state index contributed by atoms with van der Waals surface area (Å²) in [6, 6.07) is 18.2. The number of benzene rings is 2. The zero-order valence-electron chi connectivity index (χ0n) is 10.9. The molecule has 100 valence electrons. The molecule has 2 aromatic rings. The van der Waals surface area contributed by atoms with E-state index in [9.17, 15) is 0 Å². The summed E-state index contributed by atoms with van der Waals surface area (Å²) < 4.78 is 11.2. The van der Waals surface area contributed by atoms with E-state index in [0.717, 1.165) is 16.6 Å². The molecule has 2 rings (SSSR count). The van der Waals surface area contributed by atoms with Crippen molar-refractivity contribution in [2.24, 2.45) is 0 Å². The van der Waals surface area contributed by atoms with E-state index >= 15 is 0 Å². The third-order valence-corrected chi connectivity index (χ3v) is 3.48. The molecule has 0 saturated carbocycles. The molecule has 0 aromatic heterocycles. The molecule has 0 saturated heterocycles. The van der Waals surface area contributed by atoms with E-state index < -0.39 is 0 Å². The molecule has 0 aliphatic rings. The number of ether oxygens (including phenoxy) is 2. The Morgan fingerprint density at radius 3 is 2.53 bits per heavy atom. The highest BCUT2D eigenvalue weighted by Gasteiger charge is 2.10. The van der Waals surface area contributed by atoms with Crippen LogP contribution in [-0.4, -0.2) is 12.4 Å². The second-order valence-electron chi connectivity index (χ2n) is 4.22. The summed E-state index contributed by atoms with van der Waals surface area (Å²) in [5.41, 5.74) is 2.29. The van der Waals surface area contributed by atoms with Crippen LogP contribution < -0.4 is 4.74 Å². The summed E-state index contributed by atoms with van der Waals surface area (Å²) in [5.74, 6) is 0.858. The smallest absolute Gasteiger partial charge is 0.119 e. The van der Waals surface area contributed by atoms with Gasteiger partial charge in [-0.3, -0.25) is 0 Å². The zero-order valence-corrected chi connectivity index (χ0v) is 12.5. The van der Waals surface area contributed by atoms with Gasteiger partial charge < -0.3 is 9.47 Å². The van der Waals surface area contributed by atoms with E-state index in [2.05, 4.69) is 28.1 Å². The maximum atomic E-state index is 5.96. The number of alkyl halides is 1. The van der Waals surface area contributed by atoms with Gasteiger partial charge in [-0.25, -0.2) is 0 Å². The third kappa shape index (κ3) is 4.08. The van der Waals surface area contributed by atoms with Crippen molar-refractivity contribution in [1.82, 2.24) is 0 Å². The number of halogens is 1. The molecule has 0 aliphatic heterocycles. The first-order valence-electron chi connectivity index (χ1n) is 6.19. The van der Waals surface area contributed by atoms with Crippen molar-refractivity contribution in [2.75, 3.05) is 12.4 Å². The van der Waals surface area contributed by atoms with Gasteiger partial charge in [0.25, 0.3) is 0 Å². The van der Waals surface area contributed by atoms with Crippen LogP contribution in [-0.2, 0) is 11.3 Å². The van der Waals surface area contributed by atoms with Crippen LogP contribution in [0.15, 0.2) is 54.6 Å². The standard InChI is InChI=1S/C16H17BrO2/c1-18-15-9-5-6-13(10-15)12-19-16(11-17)14-7-3-2-4-8-14/h2-10,16H,11-12H2,1H3. The van der Waals surface area contributed by atoms with Crippen LogP contribution in [0.2, 0.25) is 0 Å². The molecular formula is C16H17BrO2. The molecule has 2 aromatic carbocycles. The van der Waals surface area contributed by atoms with Crippen LogP contribution in [0, 0.1) is 0 Å². The minimum Gasteiger partial charge on any atom is -0.497 e. The fraction of sp³-hybridized carbons (Fsp3) is 0.250. The second-order valence-corrected chi connectivity index (χ2v) is 4.86. The topological polar surface area (TPSA) is 18.5 Å². The lowest BCUT2D eigenvalue weighted by atomic mass is 10.1. The molecule has 3 heteroatoms. The van der Waals surface area contributed by atoms with Gasteiger partial charge in [0, 0.05) is 5.33 Å². The highest BCUT2D eigenvalue weighted by Crippen LogP contribution is 2.22. The predicted molar refractivity (Wildman–Crippen MR) is 80.8 cm³/mol. The Morgan fingerprint density at radius 1 is 1.05 bits per heavy atom. The van der Waals surface area contributed by atoms with Crippen molar-refractivity contribution in [3.8, 4) is 5.75 Å². The summed E-state index contributed by atoms with van der Waals surface area (Å²) in [4.78, 5) is 0. The molecule has 0 amide bonds. The van der Waals surface area contributed by atoms with Crippen LogP contribution in [0.3, 0.4) is 0 Å². The Morgan fingerprint density at radius 2 is 1.84 bits per heavy atom. The van der Waals surface area contributed by atoms with Crippen LogP contribution >= 0.6 is 15.9 Å². The summed E-state index contributed by atoms with van der Waals surface area (Å²) >= 11 is 3.50. The van der Waals surface area contributed by atoms with E-state index in [-0.39, 0.29) is 6.10 Å². The summed E-state index contributed by atoms with van der Waals surface area (Å²) in [6.07, 6.45) is 0.0624. The summed E-state index contributed by atoms with van der Waals surface area (Å²) in [5, 5.41) is 0.779. The maximum absolute atomic E-state index is 5.96. The number of methoxy groups -OCH3 is 1. The molecule has 0 spiro atoms. The highest BCUT2D eigenvalue weighted by atomic mass is 79.9. The van der Waals surface area contributed by atoms with Gasteiger partial charge in [0.15, 0.2) is 0 Å². The number of hydrogen-bond acceptors (Lipinski definition) is 2. The lowest BCUT2D eigenvalue weighted by Crippen LogP contribution is -2.05. The van der Waals surface area contributed by atoms with E-state index in [1.807, 2.05) is 42.5 Å². The molecule has 0 aliphatic carbocycles. The SMILES string of the molecule is COc1cccc(COC(CBr)c2ccccc2)c1. The monoisotopic (exact) mass is 320 g/mol. The Bertz CT molecular complexity index is 499. The normalized spacial score (nSPS) is 12.1.